The third kappa shape index (κ3) is 1.30. The highest BCUT2D eigenvalue weighted by atomic mass is 16.7. The van der Waals surface area contributed by atoms with Gasteiger partial charge in [0, 0.05) is 13.0 Å². The molecule has 12 heavy (non-hydrogen) atoms. The number of fused-ring (bicyclic) bond motifs is 2. The summed E-state index contributed by atoms with van der Waals surface area (Å²) in [7, 11) is 0. The van der Waals surface area contributed by atoms with E-state index in [0.717, 1.165) is 12.2 Å². The molecule has 0 saturated carbocycles. The van der Waals surface area contributed by atoms with E-state index >= 15 is 0 Å². The fourth-order valence-corrected chi connectivity index (χ4v) is 1.40. The maximum atomic E-state index is 5.41. The molecule has 64 valence electrons. The van der Waals surface area contributed by atoms with Gasteiger partial charge in [-0.2, -0.15) is 0 Å². The first-order valence-electron chi connectivity index (χ1n) is 4.22. The van der Waals surface area contributed by atoms with Gasteiger partial charge in [-0.05, 0) is 24.1 Å². The Morgan fingerprint density at radius 1 is 1.42 bits per heavy atom. The molecule has 0 aromatic carbocycles. The summed E-state index contributed by atoms with van der Waals surface area (Å²) < 4.78 is 10.5. The third-order valence-corrected chi connectivity index (χ3v) is 2.03. The standard InChI is InChI=1S/C10H12O2/c1-2-11-7-12-10-6-8-3-4-9(10)5-8/h3-4,6H,2,5,7H2,1H3. The third-order valence-electron chi connectivity index (χ3n) is 2.03. The molecule has 0 aromatic rings. The van der Waals surface area contributed by atoms with Crippen LogP contribution in [0.15, 0.2) is 35.1 Å². The Bertz CT molecular complexity index is 272. The predicted octanol–water partition coefficient (Wildman–Crippen LogP) is 2.15. The number of ether oxygens (including phenoxy) is 2. The van der Waals surface area contributed by atoms with E-state index in [0.29, 0.717) is 13.4 Å². The van der Waals surface area contributed by atoms with Crippen molar-refractivity contribution in [2.45, 2.75) is 13.3 Å². The smallest absolute Gasteiger partial charge is 0.189 e. The molecule has 0 aliphatic heterocycles. The zero-order valence-electron chi connectivity index (χ0n) is 7.17. The SMILES string of the molecule is CCOCOC1=C2C=CC(=C1)C2. The van der Waals surface area contributed by atoms with Crippen molar-refractivity contribution in [2.24, 2.45) is 0 Å². The Morgan fingerprint density at radius 3 is 2.92 bits per heavy atom. The van der Waals surface area contributed by atoms with Crippen LogP contribution in [0.5, 0.6) is 0 Å². The van der Waals surface area contributed by atoms with Crippen molar-refractivity contribution in [1.82, 2.24) is 0 Å². The summed E-state index contributed by atoms with van der Waals surface area (Å²) in [4.78, 5) is 0. The van der Waals surface area contributed by atoms with E-state index in [2.05, 4.69) is 18.2 Å². The van der Waals surface area contributed by atoms with Gasteiger partial charge < -0.3 is 9.47 Å². The van der Waals surface area contributed by atoms with Gasteiger partial charge in [0.05, 0.1) is 0 Å². The average Bonchev–Trinajstić information content (AvgIpc) is 2.65. The molecule has 0 unspecified atom stereocenters. The van der Waals surface area contributed by atoms with Crippen molar-refractivity contribution in [2.75, 3.05) is 13.4 Å². The minimum absolute atomic E-state index is 0.368. The fraction of sp³-hybridized carbons (Fsp3) is 0.400. The molecule has 0 aromatic heterocycles. The van der Waals surface area contributed by atoms with Crippen LogP contribution in [-0.4, -0.2) is 13.4 Å². The molecule has 2 aliphatic carbocycles. The lowest BCUT2D eigenvalue weighted by molar-refractivity contribution is -0.0140. The highest BCUT2D eigenvalue weighted by Gasteiger charge is 2.18. The normalized spacial score (nSPS) is 18.9. The van der Waals surface area contributed by atoms with E-state index in [1.165, 1.54) is 11.1 Å². The lowest BCUT2D eigenvalue weighted by atomic mass is 10.3. The van der Waals surface area contributed by atoms with E-state index in [1.807, 2.05) is 6.92 Å². The van der Waals surface area contributed by atoms with Crippen molar-refractivity contribution in [3.8, 4) is 0 Å². The second-order valence-corrected chi connectivity index (χ2v) is 2.87. The van der Waals surface area contributed by atoms with Crippen LogP contribution >= 0.6 is 0 Å². The van der Waals surface area contributed by atoms with Gasteiger partial charge in [-0.1, -0.05) is 12.2 Å². The molecule has 0 amide bonds. The summed E-state index contributed by atoms with van der Waals surface area (Å²) in [6, 6.07) is 0. The Morgan fingerprint density at radius 2 is 2.33 bits per heavy atom. The van der Waals surface area contributed by atoms with Crippen molar-refractivity contribution in [3.05, 3.63) is 35.1 Å². The molecular weight excluding hydrogens is 152 g/mol. The van der Waals surface area contributed by atoms with Gasteiger partial charge in [-0.25, -0.2) is 0 Å². The minimum Gasteiger partial charge on any atom is -0.467 e. The first kappa shape index (κ1) is 7.62. The van der Waals surface area contributed by atoms with Gasteiger partial charge in [0.2, 0.25) is 0 Å². The van der Waals surface area contributed by atoms with Crippen molar-refractivity contribution < 1.29 is 9.47 Å². The van der Waals surface area contributed by atoms with Crippen LogP contribution in [0, 0.1) is 0 Å². The molecule has 0 atom stereocenters. The maximum absolute atomic E-state index is 5.41. The number of allylic oxidation sites excluding steroid dienone is 5. The topological polar surface area (TPSA) is 18.5 Å². The zero-order valence-corrected chi connectivity index (χ0v) is 7.17. The first-order chi connectivity index (χ1) is 5.90. The van der Waals surface area contributed by atoms with Crippen LogP contribution in [0.25, 0.3) is 0 Å². The Labute approximate surface area is 72.2 Å². The molecule has 2 rings (SSSR count). The molecule has 2 bridgehead atoms. The van der Waals surface area contributed by atoms with Gasteiger partial charge in [-0.3, -0.25) is 0 Å². The predicted molar refractivity (Wildman–Crippen MR) is 46.4 cm³/mol. The molecule has 0 heterocycles. The molecule has 0 spiro atoms. The Balaban J connectivity index is 1.90. The van der Waals surface area contributed by atoms with E-state index in [4.69, 9.17) is 9.47 Å². The number of hydrogen-bond acceptors (Lipinski definition) is 2. The Kier molecular flexibility index (Phi) is 2.00. The molecule has 0 N–H and O–H groups in total. The lowest BCUT2D eigenvalue weighted by Gasteiger charge is -2.06. The van der Waals surface area contributed by atoms with Crippen LogP contribution in [0.2, 0.25) is 0 Å². The maximum Gasteiger partial charge on any atom is 0.189 e. The van der Waals surface area contributed by atoms with Crippen molar-refractivity contribution in [1.29, 1.82) is 0 Å². The summed E-state index contributed by atoms with van der Waals surface area (Å²) >= 11 is 0. The second kappa shape index (κ2) is 3.15. The van der Waals surface area contributed by atoms with Crippen LogP contribution in [0.3, 0.4) is 0 Å². The summed E-state index contributed by atoms with van der Waals surface area (Å²) in [6.07, 6.45) is 7.36. The Hall–Kier alpha value is -1.02. The molecule has 0 fully saturated rings. The zero-order chi connectivity index (χ0) is 8.39. The highest BCUT2D eigenvalue weighted by molar-refractivity contribution is 5.52. The van der Waals surface area contributed by atoms with E-state index in [9.17, 15) is 0 Å². The monoisotopic (exact) mass is 164 g/mol. The quantitative estimate of drug-likeness (QED) is 0.468. The molecule has 2 heteroatoms. The van der Waals surface area contributed by atoms with Gasteiger partial charge in [0.1, 0.15) is 5.76 Å². The molecular formula is C10H12O2. The van der Waals surface area contributed by atoms with E-state index < -0.39 is 0 Å². The molecule has 0 saturated heterocycles. The van der Waals surface area contributed by atoms with Crippen molar-refractivity contribution in [3.63, 3.8) is 0 Å². The van der Waals surface area contributed by atoms with Crippen LogP contribution in [0.1, 0.15) is 13.3 Å². The number of rotatable bonds is 4. The summed E-state index contributed by atoms with van der Waals surface area (Å²) in [5.41, 5.74) is 2.63. The van der Waals surface area contributed by atoms with E-state index in [1.54, 1.807) is 0 Å². The summed E-state index contributed by atoms with van der Waals surface area (Å²) in [5, 5.41) is 0. The van der Waals surface area contributed by atoms with Gasteiger partial charge in [0.25, 0.3) is 0 Å². The number of hydrogen-bond donors (Lipinski definition) is 0. The van der Waals surface area contributed by atoms with Gasteiger partial charge in [-0.15, -0.1) is 0 Å². The van der Waals surface area contributed by atoms with Crippen LogP contribution in [-0.2, 0) is 9.47 Å². The van der Waals surface area contributed by atoms with E-state index in [-0.39, 0.29) is 0 Å². The largest absolute Gasteiger partial charge is 0.467 e. The van der Waals surface area contributed by atoms with Gasteiger partial charge >= 0.3 is 0 Å². The molecule has 2 aliphatic rings. The van der Waals surface area contributed by atoms with Crippen LogP contribution < -0.4 is 0 Å². The summed E-state index contributed by atoms with van der Waals surface area (Å²) in [5.74, 6) is 0.987. The molecule has 0 radical (unpaired) electrons. The summed E-state index contributed by atoms with van der Waals surface area (Å²) in [6.45, 7) is 3.03. The van der Waals surface area contributed by atoms with Crippen LogP contribution in [0.4, 0.5) is 0 Å². The fourth-order valence-electron chi connectivity index (χ4n) is 1.40. The van der Waals surface area contributed by atoms with Crippen molar-refractivity contribution >= 4 is 0 Å². The van der Waals surface area contributed by atoms with Gasteiger partial charge in [0.15, 0.2) is 6.79 Å². The minimum atomic E-state index is 0.368. The lowest BCUT2D eigenvalue weighted by Crippen LogP contribution is -1.98. The second-order valence-electron chi connectivity index (χ2n) is 2.87. The average molecular weight is 164 g/mol. The molecule has 2 nitrogen and oxygen atoms in total. The highest BCUT2D eigenvalue weighted by Crippen LogP contribution is 2.33. The first-order valence-corrected chi connectivity index (χ1v) is 4.22.